The summed E-state index contributed by atoms with van der Waals surface area (Å²) in [7, 11) is 0. The van der Waals surface area contributed by atoms with Gasteiger partial charge in [0.2, 0.25) is 0 Å². The van der Waals surface area contributed by atoms with Crippen LogP contribution < -0.4 is 0 Å². The standard InChI is InChI=1S/C13H15NO2/c1-4-16-13(15)12-7-10-9(3)5-8(2)6-11(10)14-12/h5,7H,4,6H2,1-3H3. The van der Waals surface area contributed by atoms with E-state index in [1.165, 1.54) is 11.1 Å². The Balaban J connectivity index is 2.30. The quantitative estimate of drug-likeness (QED) is 0.667. The molecule has 1 aliphatic heterocycles. The maximum atomic E-state index is 11.5. The maximum Gasteiger partial charge on any atom is 0.356 e. The molecule has 0 unspecified atom stereocenters. The normalized spacial score (nSPS) is 18.8. The van der Waals surface area contributed by atoms with Gasteiger partial charge in [-0.1, -0.05) is 11.6 Å². The Morgan fingerprint density at radius 2 is 2.19 bits per heavy atom. The van der Waals surface area contributed by atoms with Crippen LogP contribution in [0.15, 0.2) is 39.6 Å². The first-order valence-electron chi connectivity index (χ1n) is 5.46. The van der Waals surface area contributed by atoms with Crippen LogP contribution in [0, 0.1) is 0 Å². The van der Waals surface area contributed by atoms with Crippen LogP contribution in [0.25, 0.3) is 0 Å². The zero-order valence-corrected chi connectivity index (χ0v) is 9.83. The zero-order chi connectivity index (χ0) is 11.7. The number of esters is 1. The van der Waals surface area contributed by atoms with Crippen molar-refractivity contribution in [1.29, 1.82) is 0 Å². The van der Waals surface area contributed by atoms with E-state index in [9.17, 15) is 4.79 Å². The molecule has 1 aliphatic carbocycles. The van der Waals surface area contributed by atoms with E-state index >= 15 is 0 Å². The SMILES string of the molecule is CCOC(=O)C1=CC2=C(C)C=C(C)CC2=N1. The van der Waals surface area contributed by atoms with E-state index in [4.69, 9.17) is 4.74 Å². The highest BCUT2D eigenvalue weighted by molar-refractivity contribution is 6.12. The Morgan fingerprint density at radius 3 is 2.88 bits per heavy atom. The van der Waals surface area contributed by atoms with E-state index in [-0.39, 0.29) is 5.97 Å². The average Bonchev–Trinajstić information content (AvgIpc) is 2.62. The number of carbonyl (C=O) groups is 1. The molecule has 2 rings (SSSR count). The molecule has 0 spiro atoms. The second-order valence-corrected chi connectivity index (χ2v) is 4.07. The molecule has 0 saturated carbocycles. The molecule has 0 aromatic rings. The Labute approximate surface area is 95.2 Å². The van der Waals surface area contributed by atoms with Gasteiger partial charge < -0.3 is 4.74 Å². The molecular formula is C13H15NO2. The van der Waals surface area contributed by atoms with Gasteiger partial charge in [-0.05, 0) is 32.4 Å². The van der Waals surface area contributed by atoms with Crippen LogP contribution in [-0.2, 0) is 9.53 Å². The number of hydrogen-bond acceptors (Lipinski definition) is 3. The van der Waals surface area contributed by atoms with Gasteiger partial charge in [-0.15, -0.1) is 0 Å². The van der Waals surface area contributed by atoms with Crippen LogP contribution in [0.3, 0.4) is 0 Å². The van der Waals surface area contributed by atoms with Gasteiger partial charge in [-0.2, -0.15) is 0 Å². The van der Waals surface area contributed by atoms with Crippen LogP contribution in [0.2, 0.25) is 0 Å². The smallest absolute Gasteiger partial charge is 0.356 e. The van der Waals surface area contributed by atoms with Crippen LogP contribution in [0.4, 0.5) is 0 Å². The molecule has 0 radical (unpaired) electrons. The average molecular weight is 217 g/mol. The molecule has 0 N–H and O–H groups in total. The summed E-state index contributed by atoms with van der Waals surface area (Å²) in [5.74, 6) is -0.331. The lowest BCUT2D eigenvalue weighted by Gasteiger charge is -2.12. The number of ether oxygens (including phenoxy) is 1. The number of allylic oxidation sites excluding steroid dienone is 5. The lowest BCUT2D eigenvalue weighted by molar-refractivity contribution is -0.138. The third-order valence-corrected chi connectivity index (χ3v) is 2.67. The van der Waals surface area contributed by atoms with E-state index in [1.54, 1.807) is 6.92 Å². The summed E-state index contributed by atoms with van der Waals surface area (Å²) in [6.07, 6.45) is 4.79. The van der Waals surface area contributed by atoms with E-state index in [0.717, 1.165) is 17.7 Å². The highest BCUT2D eigenvalue weighted by Crippen LogP contribution is 2.29. The molecule has 0 fully saturated rings. The van der Waals surface area contributed by atoms with Gasteiger partial charge in [0, 0.05) is 12.0 Å². The Bertz CT molecular complexity index is 464. The molecule has 0 bridgehead atoms. The summed E-state index contributed by atoms with van der Waals surface area (Å²) in [4.78, 5) is 15.9. The molecule has 1 heterocycles. The van der Waals surface area contributed by atoms with Gasteiger partial charge in [0.25, 0.3) is 0 Å². The molecule has 3 nitrogen and oxygen atoms in total. The minimum Gasteiger partial charge on any atom is -0.461 e. The largest absolute Gasteiger partial charge is 0.461 e. The van der Waals surface area contributed by atoms with E-state index in [0.29, 0.717) is 12.3 Å². The molecule has 0 aromatic heterocycles. The minimum atomic E-state index is -0.331. The highest BCUT2D eigenvalue weighted by atomic mass is 16.5. The van der Waals surface area contributed by atoms with Crippen molar-refractivity contribution in [3.63, 3.8) is 0 Å². The van der Waals surface area contributed by atoms with Gasteiger partial charge in [0.1, 0.15) is 5.70 Å². The van der Waals surface area contributed by atoms with E-state index in [2.05, 4.69) is 18.0 Å². The van der Waals surface area contributed by atoms with Gasteiger partial charge in [0.15, 0.2) is 0 Å². The topological polar surface area (TPSA) is 38.7 Å². The first kappa shape index (κ1) is 10.9. The fourth-order valence-electron chi connectivity index (χ4n) is 2.01. The molecule has 3 heteroatoms. The predicted octanol–water partition coefficient (Wildman–Crippen LogP) is 2.55. The van der Waals surface area contributed by atoms with Crippen molar-refractivity contribution < 1.29 is 9.53 Å². The molecule has 0 amide bonds. The highest BCUT2D eigenvalue weighted by Gasteiger charge is 2.23. The van der Waals surface area contributed by atoms with Crippen molar-refractivity contribution in [2.24, 2.45) is 4.99 Å². The Hall–Kier alpha value is -1.64. The fourth-order valence-corrected chi connectivity index (χ4v) is 2.01. The molecule has 16 heavy (non-hydrogen) atoms. The molecule has 0 atom stereocenters. The lowest BCUT2D eigenvalue weighted by atomic mass is 9.93. The first-order chi connectivity index (χ1) is 7.61. The van der Waals surface area contributed by atoms with Gasteiger partial charge in [0.05, 0.1) is 12.3 Å². The molecule has 2 aliphatic rings. The van der Waals surface area contributed by atoms with Gasteiger partial charge in [-0.3, -0.25) is 0 Å². The Morgan fingerprint density at radius 1 is 1.44 bits per heavy atom. The lowest BCUT2D eigenvalue weighted by Crippen LogP contribution is -2.06. The van der Waals surface area contributed by atoms with E-state index < -0.39 is 0 Å². The summed E-state index contributed by atoms with van der Waals surface area (Å²) in [5, 5.41) is 0. The van der Waals surface area contributed by atoms with Crippen molar-refractivity contribution in [3.8, 4) is 0 Å². The van der Waals surface area contributed by atoms with Crippen molar-refractivity contribution in [2.45, 2.75) is 27.2 Å². The van der Waals surface area contributed by atoms with Crippen LogP contribution >= 0.6 is 0 Å². The van der Waals surface area contributed by atoms with E-state index in [1.807, 2.05) is 13.0 Å². The minimum absolute atomic E-state index is 0.331. The second kappa shape index (κ2) is 4.08. The molecule has 84 valence electrons. The van der Waals surface area contributed by atoms with Crippen LogP contribution in [0.1, 0.15) is 27.2 Å². The predicted molar refractivity (Wildman–Crippen MR) is 63.2 cm³/mol. The zero-order valence-electron chi connectivity index (χ0n) is 9.83. The number of hydrogen-bond donors (Lipinski definition) is 0. The molecule has 0 saturated heterocycles. The summed E-state index contributed by atoms with van der Waals surface area (Å²) in [6, 6.07) is 0. The number of aliphatic imine (C=N–C) groups is 1. The van der Waals surface area contributed by atoms with Crippen LogP contribution in [0.5, 0.6) is 0 Å². The summed E-state index contributed by atoms with van der Waals surface area (Å²) in [6.45, 7) is 6.30. The number of rotatable bonds is 2. The monoisotopic (exact) mass is 217 g/mol. The Kier molecular flexibility index (Phi) is 2.77. The number of carbonyl (C=O) groups excluding carboxylic acids is 1. The third kappa shape index (κ3) is 1.85. The molecule has 0 aromatic carbocycles. The van der Waals surface area contributed by atoms with Crippen molar-refractivity contribution in [1.82, 2.24) is 0 Å². The van der Waals surface area contributed by atoms with Gasteiger partial charge in [-0.25, -0.2) is 9.79 Å². The van der Waals surface area contributed by atoms with Crippen molar-refractivity contribution in [2.75, 3.05) is 6.61 Å². The third-order valence-electron chi connectivity index (χ3n) is 2.67. The second-order valence-electron chi connectivity index (χ2n) is 4.07. The first-order valence-corrected chi connectivity index (χ1v) is 5.46. The van der Waals surface area contributed by atoms with Crippen molar-refractivity contribution >= 4 is 11.7 Å². The number of fused-ring (bicyclic) bond motifs is 1. The maximum absolute atomic E-state index is 11.5. The van der Waals surface area contributed by atoms with Crippen molar-refractivity contribution in [3.05, 3.63) is 34.6 Å². The fraction of sp³-hybridized carbons (Fsp3) is 0.385. The van der Waals surface area contributed by atoms with Crippen LogP contribution in [-0.4, -0.2) is 18.3 Å². The summed E-state index contributed by atoms with van der Waals surface area (Å²) < 4.78 is 4.94. The molecular weight excluding hydrogens is 202 g/mol. The summed E-state index contributed by atoms with van der Waals surface area (Å²) in [5.41, 5.74) is 4.93. The number of nitrogens with zero attached hydrogens (tertiary/aromatic N) is 1. The van der Waals surface area contributed by atoms with Gasteiger partial charge >= 0.3 is 5.97 Å². The summed E-state index contributed by atoms with van der Waals surface area (Å²) >= 11 is 0.